The first-order valence-electron chi connectivity index (χ1n) is 8.51. The summed E-state index contributed by atoms with van der Waals surface area (Å²) in [5.74, 6) is -0.289. The Kier molecular flexibility index (Phi) is 6.78. The van der Waals surface area contributed by atoms with Crippen molar-refractivity contribution in [3.05, 3.63) is 6.33 Å². The predicted octanol–water partition coefficient (Wildman–Crippen LogP) is -1.66. The third-order valence-electron chi connectivity index (χ3n) is 4.29. The number of aromatic nitrogens is 4. The van der Waals surface area contributed by atoms with Crippen LogP contribution in [0.25, 0.3) is 11.2 Å². The maximum Gasteiger partial charge on any atom is 0.490 e. The number of imidazole rings is 1. The number of rotatable bonds is 8. The standard InChI is InChI=1S/C11H19N6O13P3/c1-11(19)6(18)4(2-27-32(23,24)30-33(25,26)29-31(20,21)22)28-9(11)17-3-14-5-7(12)15-10(13)16-8(5)17/h3-4,6,9,18-19H,2H2,1H3,(H,23,24)(H,25,26)(H2,20,21,22)(H4,12,13,15,16)/t4-,6?,9-,11-/m1/s1. The van der Waals surface area contributed by atoms with E-state index < -0.39 is 54.1 Å². The number of phosphoric acid groups is 3. The molecule has 1 aliphatic rings. The molecule has 1 aliphatic heterocycles. The summed E-state index contributed by atoms with van der Waals surface area (Å²) in [6.07, 6.45) is -3.53. The second-order valence-corrected chi connectivity index (χ2v) is 11.3. The molecule has 33 heavy (non-hydrogen) atoms. The van der Waals surface area contributed by atoms with Gasteiger partial charge < -0.3 is 46.0 Å². The molecular formula is C11H19N6O13P3. The molecule has 1 saturated heterocycles. The fourth-order valence-corrected chi connectivity index (χ4v) is 6.01. The zero-order valence-corrected chi connectivity index (χ0v) is 19.0. The lowest BCUT2D eigenvalue weighted by atomic mass is 9.96. The van der Waals surface area contributed by atoms with Crippen LogP contribution in [0.3, 0.4) is 0 Å². The average Bonchev–Trinajstić information content (AvgIpc) is 3.10. The minimum atomic E-state index is -5.73. The first-order valence-corrected chi connectivity index (χ1v) is 13.0. The molecule has 22 heteroatoms. The van der Waals surface area contributed by atoms with Crippen LogP contribution >= 0.6 is 23.5 Å². The molecule has 6 atom stereocenters. The molecule has 0 spiro atoms. The third-order valence-corrected chi connectivity index (χ3v) is 8.09. The van der Waals surface area contributed by atoms with Gasteiger partial charge in [0, 0.05) is 0 Å². The zero-order valence-electron chi connectivity index (χ0n) is 16.3. The average molecular weight is 536 g/mol. The Morgan fingerprint density at radius 3 is 2.39 bits per heavy atom. The summed E-state index contributed by atoms with van der Waals surface area (Å²) in [4.78, 5) is 47.5. The molecule has 2 aromatic heterocycles. The number of nitrogens with two attached hydrogens (primary N) is 2. The Morgan fingerprint density at radius 2 is 1.79 bits per heavy atom. The Morgan fingerprint density at radius 1 is 1.15 bits per heavy atom. The van der Waals surface area contributed by atoms with E-state index in [-0.39, 0.29) is 22.9 Å². The summed E-state index contributed by atoms with van der Waals surface area (Å²) in [6.45, 7) is 0.163. The normalized spacial score (nSPS) is 29.7. The summed E-state index contributed by atoms with van der Waals surface area (Å²) in [6, 6.07) is 0. The van der Waals surface area contributed by atoms with Crippen LogP contribution in [-0.2, 0) is 31.6 Å². The van der Waals surface area contributed by atoms with Crippen LogP contribution in [0.15, 0.2) is 6.33 Å². The molecule has 0 saturated carbocycles. The van der Waals surface area contributed by atoms with E-state index in [4.69, 9.17) is 30.9 Å². The van der Waals surface area contributed by atoms with Crippen molar-refractivity contribution in [2.45, 2.75) is 31.0 Å². The number of nitrogens with zero attached hydrogens (tertiary/aromatic N) is 4. The van der Waals surface area contributed by atoms with Crippen LogP contribution in [0.2, 0.25) is 0 Å². The fraction of sp³-hybridized carbons (Fsp3) is 0.545. The molecule has 0 radical (unpaired) electrons. The lowest BCUT2D eigenvalue weighted by Crippen LogP contribution is -2.44. The molecule has 186 valence electrons. The summed E-state index contributed by atoms with van der Waals surface area (Å²) >= 11 is 0. The van der Waals surface area contributed by atoms with Gasteiger partial charge in [0.05, 0.1) is 12.9 Å². The van der Waals surface area contributed by atoms with E-state index in [1.165, 1.54) is 0 Å². The van der Waals surface area contributed by atoms with Crippen LogP contribution < -0.4 is 11.5 Å². The van der Waals surface area contributed by atoms with E-state index in [1.54, 1.807) is 0 Å². The SMILES string of the molecule is C[C@@]1(O)C(O)[C@@H](COP(=O)(O)OP(=O)(O)OP(=O)(O)O)O[C@H]1n1cnc2c(N)nc(N)nc21. The lowest BCUT2D eigenvalue weighted by molar-refractivity contribution is -0.0949. The highest BCUT2D eigenvalue weighted by Gasteiger charge is 2.54. The largest absolute Gasteiger partial charge is 0.490 e. The smallest absolute Gasteiger partial charge is 0.387 e. The van der Waals surface area contributed by atoms with Gasteiger partial charge in [-0.3, -0.25) is 9.09 Å². The van der Waals surface area contributed by atoms with E-state index in [1.807, 2.05) is 0 Å². The number of aliphatic hydroxyl groups excluding tert-OH is 1. The number of nitrogen functional groups attached to an aromatic ring is 2. The number of ether oxygens (including phenoxy) is 1. The summed E-state index contributed by atoms with van der Waals surface area (Å²) in [5, 5.41) is 21.2. The molecule has 0 bridgehead atoms. The molecule has 1 fully saturated rings. The second-order valence-electron chi connectivity index (χ2n) is 6.88. The number of hydrogen-bond acceptors (Lipinski definition) is 14. The number of fused-ring (bicyclic) bond motifs is 1. The summed E-state index contributed by atoms with van der Waals surface area (Å²) in [5.41, 5.74) is 9.36. The minimum absolute atomic E-state index is 0.0333. The predicted molar refractivity (Wildman–Crippen MR) is 105 cm³/mol. The van der Waals surface area contributed by atoms with Crippen LogP contribution in [0.1, 0.15) is 13.2 Å². The zero-order chi connectivity index (χ0) is 25.0. The van der Waals surface area contributed by atoms with Crippen molar-refractivity contribution in [2.24, 2.45) is 0 Å². The van der Waals surface area contributed by atoms with Crippen molar-refractivity contribution in [3.63, 3.8) is 0 Å². The van der Waals surface area contributed by atoms with Gasteiger partial charge in [0.2, 0.25) is 5.95 Å². The highest BCUT2D eigenvalue weighted by molar-refractivity contribution is 7.66. The van der Waals surface area contributed by atoms with E-state index in [0.717, 1.165) is 17.8 Å². The molecule has 0 amide bonds. The molecule has 3 rings (SSSR count). The van der Waals surface area contributed by atoms with Gasteiger partial charge in [-0.25, -0.2) is 18.7 Å². The second kappa shape index (κ2) is 8.58. The van der Waals surface area contributed by atoms with Crippen molar-refractivity contribution in [1.82, 2.24) is 19.5 Å². The highest BCUT2D eigenvalue weighted by Crippen LogP contribution is 2.66. The Bertz CT molecular complexity index is 1200. The van der Waals surface area contributed by atoms with Crippen molar-refractivity contribution in [1.29, 1.82) is 0 Å². The van der Waals surface area contributed by atoms with Gasteiger partial charge in [-0.05, 0) is 6.92 Å². The van der Waals surface area contributed by atoms with Crippen molar-refractivity contribution < 1.29 is 61.4 Å². The van der Waals surface area contributed by atoms with Gasteiger partial charge in [-0.15, -0.1) is 0 Å². The Labute approximate surface area is 183 Å². The molecule has 19 nitrogen and oxygen atoms in total. The van der Waals surface area contributed by atoms with Gasteiger partial charge in [-0.1, -0.05) is 0 Å². The van der Waals surface area contributed by atoms with Gasteiger partial charge in [0.1, 0.15) is 23.3 Å². The van der Waals surface area contributed by atoms with Gasteiger partial charge >= 0.3 is 23.5 Å². The van der Waals surface area contributed by atoms with Crippen molar-refractivity contribution in [3.8, 4) is 0 Å². The van der Waals surface area contributed by atoms with E-state index in [2.05, 4.69) is 28.1 Å². The molecule has 0 aromatic carbocycles. The fourth-order valence-electron chi connectivity index (χ4n) is 2.98. The van der Waals surface area contributed by atoms with E-state index in [9.17, 15) is 28.8 Å². The maximum absolute atomic E-state index is 11.9. The highest BCUT2D eigenvalue weighted by atomic mass is 31.3. The van der Waals surface area contributed by atoms with Crippen molar-refractivity contribution in [2.75, 3.05) is 18.1 Å². The first kappa shape index (κ1) is 26.1. The number of hydrogen-bond donors (Lipinski definition) is 8. The maximum atomic E-state index is 11.9. The monoisotopic (exact) mass is 536 g/mol. The molecule has 2 aromatic rings. The third kappa shape index (κ3) is 5.75. The van der Waals surface area contributed by atoms with Crippen LogP contribution in [0, 0.1) is 0 Å². The number of phosphoric ester groups is 1. The molecular weight excluding hydrogens is 517 g/mol. The number of anilines is 2. The summed E-state index contributed by atoms with van der Waals surface area (Å²) < 4.78 is 52.2. The summed E-state index contributed by atoms with van der Waals surface area (Å²) in [7, 11) is -16.8. The molecule has 3 unspecified atom stereocenters. The van der Waals surface area contributed by atoms with Crippen LogP contribution in [0.5, 0.6) is 0 Å². The van der Waals surface area contributed by atoms with Gasteiger partial charge in [0.15, 0.2) is 17.7 Å². The van der Waals surface area contributed by atoms with E-state index >= 15 is 0 Å². The lowest BCUT2D eigenvalue weighted by Gasteiger charge is -2.27. The number of aliphatic hydroxyl groups is 2. The Balaban J connectivity index is 1.77. The van der Waals surface area contributed by atoms with Gasteiger partial charge in [-0.2, -0.15) is 18.6 Å². The quantitative estimate of drug-likeness (QED) is 0.175. The minimum Gasteiger partial charge on any atom is -0.387 e. The first-order chi connectivity index (χ1) is 14.9. The van der Waals surface area contributed by atoms with Crippen LogP contribution in [-0.4, -0.2) is 73.7 Å². The van der Waals surface area contributed by atoms with E-state index in [0.29, 0.717) is 0 Å². The molecule has 3 heterocycles. The van der Waals surface area contributed by atoms with Gasteiger partial charge in [0.25, 0.3) is 0 Å². The van der Waals surface area contributed by atoms with Crippen molar-refractivity contribution >= 4 is 46.4 Å². The topological polar surface area (TPSA) is 305 Å². The molecule has 10 N–H and O–H groups in total. The molecule has 0 aliphatic carbocycles. The Hall–Kier alpha value is -1.56. The van der Waals surface area contributed by atoms with Crippen LogP contribution in [0.4, 0.5) is 11.8 Å².